The molecule has 0 amide bonds. The summed E-state index contributed by atoms with van der Waals surface area (Å²) in [5, 5.41) is 9.18. The summed E-state index contributed by atoms with van der Waals surface area (Å²) in [7, 11) is 1.97. The average Bonchev–Trinajstić information content (AvgIpc) is 2.82. The first kappa shape index (κ1) is 14.2. The highest BCUT2D eigenvalue weighted by atomic mass is 32.1. The largest absolute Gasteiger partial charge is 0.310 e. The van der Waals surface area contributed by atoms with Crippen molar-refractivity contribution in [3.63, 3.8) is 0 Å². The van der Waals surface area contributed by atoms with Crippen LogP contribution in [0.5, 0.6) is 0 Å². The predicted molar refractivity (Wildman–Crippen MR) is 79.7 cm³/mol. The Labute approximate surface area is 118 Å². The number of nitrogens with zero attached hydrogens (tertiary/aromatic N) is 3. The Hall–Kier alpha value is -1.20. The molecule has 2 aromatic heterocycles. The minimum absolute atomic E-state index is 0.295. The first-order valence-electron chi connectivity index (χ1n) is 6.67. The van der Waals surface area contributed by atoms with Gasteiger partial charge in [0.05, 0.1) is 16.4 Å². The first-order chi connectivity index (χ1) is 9.01. The summed E-state index contributed by atoms with van der Waals surface area (Å²) >= 11 is 1.80. The van der Waals surface area contributed by atoms with Gasteiger partial charge in [-0.3, -0.25) is 4.68 Å². The molecular weight excluding hydrogens is 256 g/mol. The van der Waals surface area contributed by atoms with E-state index in [0.29, 0.717) is 6.04 Å². The van der Waals surface area contributed by atoms with Crippen LogP contribution in [0.3, 0.4) is 0 Å². The summed E-state index contributed by atoms with van der Waals surface area (Å²) in [6.07, 6.45) is 3.04. The van der Waals surface area contributed by atoms with Crippen LogP contribution in [0.15, 0.2) is 6.20 Å². The lowest BCUT2D eigenvalue weighted by Gasteiger charge is -2.15. The summed E-state index contributed by atoms with van der Waals surface area (Å²) in [6.45, 7) is 9.36. The zero-order valence-corrected chi connectivity index (χ0v) is 13.1. The van der Waals surface area contributed by atoms with Gasteiger partial charge in [0.1, 0.15) is 0 Å². The van der Waals surface area contributed by atoms with Gasteiger partial charge in [-0.15, -0.1) is 11.3 Å². The van der Waals surface area contributed by atoms with Gasteiger partial charge in [-0.2, -0.15) is 5.10 Å². The minimum Gasteiger partial charge on any atom is -0.310 e. The fraction of sp³-hybridized carbons (Fsp3) is 0.571. The van der Waals surface area contributed by atoms with E-state index in [1.165, 1.54) is 15.4 Å². The number of aryl methyl sites for hydroxylation is 4. The predicted octanol–water partition coefficient (Wildman–Crippen LogP) is 2.70. The van der Waals surface area contributed by atoms with Crippen LogP contribution in [-0.2, 0) is 13.5 Å². The highest BCUT2D eigenvalue weighted by Gasteiger charge is 2.18. The Balaban J connectivity index is 2.23. The van der Waals surface area contributed by atoms with E-state index in [1.54, 1.807) is 11.3 Å². The highest BCUT2D eigenvalue weighted by molar-refractivity contribution is 7.11. The van der Waals surface area contributed by atoms with Crippen LogP contribution >= 0.6 is 11.3 Å². The highest BCUT2D eigenvalue weighted by Crippen LogP contribution is 2.24. The summed E-state index contributed by atoms with van der Waals surface area (Å²) in [5.74, 6) is 0. The molecule has 2 heterocycles. The van der Waals surface area contributed by atoms with Crippen LogP contribution in [-0.4, -0.2) is 21.3 Å². The number of thiazole rings is 1. The molecule has 19 heavy (non-hydrogen) atoms. The molecule has 0 aromatic carbocycles. The molecule has 1 atom stereocenters. The van der Waals surface area contributed by atoms with Gasteiger partial charge in [-0.05, 0) is 27.3 Å². The monoisotopic (exact) mass is 278 g/mol. The second kappa shape index (κ2) is 5.84. The molecule has 2 rings (SSSR count). The maximum absolute atomic E-state index is 4.65. The SMILES string of the molecule is CCNC(Cc1nc(C)c(C)s1)c1cn(C)nc1C. The van der Waals surface area contributed by atoms with Gasteiger partial charge in [-0.25, -0.2) is 4.98 Å². The number of aromatic nitrogens is 3. The second-order valence-electron chi connectivity index (χ2n) is 4.91. The smallest absolute Gasteiger partial charge is 0.0949 e. The lowest BCUT2D eigenvalue weighted by atomic mass is 10.1. The Morgan fingerprint density at radius 2 is 2.05 bits per heavy atom. The molecule has 0 spiro atoms. The molecule has 0 bridgehead atoms. The number of rotatable bonds is 5. The molecule has 2 aromatic rings. The van der Waals surface area contributed by atoms with Crippen LogP contribution in [0.25, 0.3) is 0 Å². The maximum atomic E-state index is 4.65. The van der Waals surface area contributed by atoms with Crippen LogP contribution in [0.4, 0.5) is 0 Å². The van der Waals surface area contributed by atoms with Gasteiger partial charge >= 0.3 is 0 Å². The quantitative estimate of drug-likeness (QED) is 0.914. The topological polar surface area (TPSA) is 42.7 Å². The summed E-state index contributed by atoms with van der Waals surface area (Å²) in [6, 6.07) is 0.295. The number of hydrogen-bond acceptors (Lipinski definition) is 4. The molecule has 5 heteroatoms. The van der Waals surface area contributed by atoms with Gasteiger partial charge < -0.3 is 5.32 Å². The molecule has 0 aliphatic heterocycles. The summed E-state index contributed by atoms with van der Waals surface area (Å²) in [4.78, 5) is 5.96. The van der Waals surface area contributed by atoms with Crippen LogP contribution in [0.2, 0.25) is 0 Å². The van der Waals surface area contributed by atoms with Gasteiger partial charge in [0.25, 0.3) is 0 Å². The Bertz CT molecular complexity index is 536. The fourth-order valence-electron chi connectivity index (χ4n) is 2.30. The lowest BCUT2D eigenvalue weighted by molar-refractivity contribution is 0.545. The molecule has 0 fully saturated rings. The molecule has 104 valence electrons. The molecule has 1 N–H and O–H groups in total. The van der Waals surface area contributed by atoms with E-state index in [0.717, 1.165) is 24.4 Å². The van der Waals surface area contributed by atoms with Crippen molar-refractivity contribution < 1.29 is 0 Å². The Morgan fingerprint density at radius 3 is 2.53 bits per heavy atom. The van der Waals surface area contributed by atoms with E-state index in [2.05, 4.69) is 49.3 Å². The van der Waals surface area contributed by atoms with Crippen LogP contribution < -0.4 is 5.32 Å². The molecule has 1 unspecified atom stereocenters. The van der Waals surface area contributed by atoms with Crippen molar-refractivity contribution in [1.29, 1.82) is 0 Å². The van der Waals surface area contributed by atoms with Crippen molar-refractivity contribution in [2.24, 2.45) is 7.05 Å². The Morgan fingerprint density at radius 1 is 1.32 bits per heavy atom. The molecule has 0 aliphatic carbocycles. The number of hydrogen-bond donors (Lipinski definition) is 1. The number of likely N-dealkylation sites (N-methyl/N-ethyl adjacent to an activating group) is 1. The molecule has 0 aliphatic rings. The van der Waals surface area contributed by atoms with E-state index in [9.17, 15) is 0 Å². The van der Waals surface area contributed by atoms with Crippen molar-refractivity contribution in [2.45, 2.75) is 40.2 Å². The zero-order valence-electron chi connectivity index (χ0n) is 12.3. The van der Waals surface area contributed by atoms with Gasteiger partial charge in [0, 0.05) is 36.1 Å². The van der Waals surface area contributed by atoms with E-state index in [-0.39, 0.29) is 0 Å². The van der Waals surface area contributed by atoms with Crippen molar-refractivity contribution in [3.8, 4) is 0 Å². The van der Waals surface area contributed by atoms with Gasteiger partial charge in [0.2, 0.25) is 0 Å². The third-order valence-electron chi connectivity index (χ3n) is 3.33. The van der Waals surface area contributed by atoms with Gasteiger partial charge in [-0.1, -0.05) is 6.92 Å². The zero-order chi connectivity index (χ0) is 14.0. The van der Waals surface area contributed by atoms with Crippen molar-refractivity contribution in [3.05, 3.63) is 33.0 Å². The van der Waals surface area contributed by atoms with Gasteiger partial charge in [0.15, 0.2) is 0 Å². The van der Waals surface area contributed by atoms with Crippen molar-refractivity contribution in [2.75, 3.05) is 6.54 Å². The molecule has 0 saturated heterocycles. The van der Waals surface area contributed by atoms with Crippen molar-refractivity contribution in [1.82, 2.24) is 20.1 Å². The molecule has 0 radical (unpaired) electrons. The average molecular weight is 278 g/mol. The van der Waals surface area contributed by atoms with Crippen LogP contribution in [0.1, 0.15) is 39.8 Å². The molecular formula is C14H22N4S. The summed E-state index contributed by atoms with van der Waals surface area (Å²) < 4.78 is 1.88. The fourth-order valence-corrected chi connectivity index (χ4v) is 3.28. The van der Waals surface area contributed by atoms with E-state index in [1.807, 2.05) is 11.7 Å². The van der Waals surface area contributed by atoms with Crippen molar-refractivity contribution >= 4 is 11.3 Å². The molecule has 4 nitrogen and oxygen atoms in total. The van der Waals surface area contributed by atoms with E-state index < -0.39 is 0 Å². The minimum atomic E-state index is 0.295. The van der Waals surface area contributed by atoms with Crippen LogP contribution in [0, 0.1) is 20.8 Å². The number of nitrogens with one attached hydrogen (secondary N) is 1. The van der Waals surface area contributed by atoms with E-state index >= 15 is 0 Å². The normalized spacial score (nSPS) is 12.9. The molecule has 0 saturated carbocycles. The Kier molecular flexibility index (Phi) is 4.37. The maximum Gasteiger partial charge on any atom is 0.0949 e. The van der Waals surface area contributed by atoms with E-state index in [4.69, 9.17) is 0 Å². The summed E-state index contributed by atoms with van der Waals surface area (Å²) in [5.41, 5.74) is 3.52. The second-order valence-corrected chi connectivity index (χ2v) is 6.19. The first-order valence-corrected chi connectivity index (χ1v) is 7.49. The lowest BCUT2D eigenvalue weighted by Crippen LogP contribution is -2.23. The third kappa shape index (κ3) is 3.22. The third-order valence-corrected chi connectivity index (χ3v) is 4.42. The standard InChI is InChI=1S/C14H22N4S/c1-6-15-13(12-8-18(5)17-10(12)3)7-14-16-9(2)11(4)19-14/h8,13,15H,6-7H2,1-5H3.